The molecule has 2 rings (SSSR count). The summed E-state index contributed by atoms with van der Waals surface area (Å²) in [6.45, 7) is 0.763. The van der Waals surface area contributed by atoms with Gasteiger partial charge in [-0.05, 0) is 18.9 Å². The summed E-state index contributed by atoms with van der Waals surface area (Å²) in [5, 5.41) is 4.31. The molecule has 0 amide bonds. The molecule has 1 heterocycles. The van der Waals surface area contributed by atoms with Gasteiger partial charge in [-0.3, -0.25) is 9.67 Å². The average molecular weight is 220 g/mol. The Labute approximate surface area is 96.6 Å². The molecule has 1 aromatic rings. The van der Waals surface area contributed by atoms with Crippen LogP contribution in [0, 0.1) is 5.92 Å². The summed E-state index contributed by atoms with van der Waals surface area (Å²) >= 11 is 0. The van der Waals surface area contributed by atoms with Gasteiger partial charge in [-0.15, -0.1) is 0 Å². The maximum Gasteiger partial charge on any atom is 0.0968 e. The van der Waals surface area contributed by atoms with Crippen molar-refractivity contribution in [2.24, 2.45) is 23.7 Å². The Morgan fingerprint density at radius 2 is 2.31 bits per heavy atom. The SMILES string of the molecule is Cn1ccc(CCN=C(N)C2CCCC2)n1. The van der Waals surface area contributed by atoms with Gasteiger partial charge < -0.3 is 5.73 Å². The van der Waals surface area contributed by atoms with E-state index < -0.39 is 0 Å². The first-order valence-electron chi connectivity index (χ1n) is 6.04. The normalized spacial score (nSPS) is 18.2. The predicted molar refractivity (Wildman–Crippen MR) is 65.4 cm³/mol. The minimum atomic E-state index is 0.545. The highest BCUT2D eigenvalue weighted by atomic mass is 15.2. The molecule has 4 heteroatoms. The average Bonchev–Trinajstić information content (AvgIpc) is 2.89. The van der Waals surface area contributed by atoms with Crippen molar-refractivity contribution in [3.8, 4) is 0 Å². The Hall–Kier alpha value is -1.32. The Morgan fingerprint density at radius 1 is 1.56 bits per heavy atom. The third-order valence-corrected chi connectivity index (χ3v) is 3.20. The number of hydrogen-bond acceptors (Lipinski definition) is 2. The van der Waals surface area contributed by atoms with Crippen molar-refractivity contribution in [2.45, 2.75) is 32.1 Å². The monoisotopic (exact) mass is 220 g/mol. The van der Waals surface area contributed by atoms with Gasteiger partial charge in [0.05, 0.1) is 11.5 Å². The van der Waals surface area contributed by atoms with Crippen LogP contribution in [0.15, 0.2) is 17.3 Å². The Balaban J connectivity index is 1.79. The van der Waals surface area contributed by atoms with Crippen LogP contribution >= 0.6 is 0 Å². The molecule has 1 aromatic heterocycles. The molecule has 1 aliphatic carbocycles. The number of nitrogens with two attached hydrogens (primary N) is 1. The molecule has 88 valence electrons. The number of aliphatic imine (C=N–C) groups is 1. The van der Waals surface area contributed by atoms with Crippen LogP contribution in [0.5, 0.6) is 0 Å². The van der Waals surface area contributed by atoms with E-state index in [9.17, 15) is 0 Å². The predicted octanol–water partition coefficient (Wildman–Crippen LogP) is 1.51. The van der Waals surface area contributed by atoms with Gasteiger partial charge in [0.15, 0.2) is 0 Å². The molecule has 0 saturated heterocycles. The minimum Gasteiger partial charge on any atom is -0.387 e. The van der Waals surface area contributed by atoms with Crippen molar-refractivity contribution in [1.82, 2.24) is 9.78 Å². The molecule has 4 nitrogen and oxygen atoms in total. The van der Waals surface area contributed by atoms with Crippen molar-refractivity contribution in [3.63, 3.8) is 0 Å². The summed E-state index contributed by atoms with van der Waals surface area (Å²) in [5.74, 6) is 1.40. The number of amidine groups is 1. The summed E-state index contributed by atoms with van der Waals surface area (Å²) in [4.78, 5) is 4.46. The van der Waals surface area contributed by atoms with Crippen molar-refractivity contribution in [3.05, 3.63) is 18.0 Å². The first-order valence-corrected chi connectivity index (χ1v) is 6.04. The quantitative estimate of drug-likeness (QED) is 0.617. The second kappa shape index (κ2) is 5.14. The van der Waals surface area contributed by atoms with Crippen LogP contribution in [0.2, 0.25) is 0 Å². The molecule has 0 bridgehead atoms. The van der Waals surface area contributed by atoms with Gasteiger partial charge in [-0.2, -0.15) is 5.10 Å². The third kappa shape index (κ3) is 2.84. The molecule has 0 unspecified atom stereocenters. The lowest BCUT2D eigenvalue weighted by Gasteiger charge is -2.07. The molecule has 0 spiro atoms. The first-order chi connectivity index (χ1) is 7.75. The Morgan fingerprint density at radius 3 is 2.94 bits per heavy atom. The number of aromatic nitrogens is 2. The highest BCUT2D eigenvalue weighted by Gasteiger charge is 2.17. The minimum absolute atomic E-state index is 0.545. The van der Waals surface area contributed by atoms with Crippen LogP contribution in [-0.4, -0.2) is 22.2 Å². The number of hydrogen-bond donors (Lipinski definition) is 1. The fourth-order valence-electron chi connectivity index (χ4n) is 2.25. The summed E-state index contributed by atoms with van der Waals surface area (Å²) in [7, 11) is 1.93. The topological polar surface area (TPSA) is 56.2 Å². The first kappa shape index (κ1) is 11.2. The van der Waals surface area contributed by atoms with Gasteiger partial charge in [0, 0.05) is 32.1 Å². The van der Waals surface area contributed by atoms with Crippen LogP contribution in [0.25, 0.3) is 0 Å². The number of aryl methyl sites for hydroxylation is 1. The van der Waals surface area contributed by atoms with Crippen molar-refractivity contribution in [1.29, 1.82) is 0 Å². The molecule has 1 fully saturated rings. The lowest BCUT2D eigenvalue weighted by molar-refractivity contribution is 0.710. The fourth-order valence-corrected chi connectivity index (χ4v) is 2.25. The molecular weight excluding hydrogens is 200 g/mol. The van der Waals surface area contributed by atoms with Gasteiger partial charge in [-0.25, -0.2) is 0 Å². The van der Waals surface area contributed by atoms with Crippen LogP contribution in [-0.2, 0) is 13.5 Å². The molecule has 0 radical (unpaired) electrons. The lowest BCUT2D eigenvalue weighted by Crippen LogP contribution is -2.22. The number of nitrogens with zero attached hydrogens (tertiary/aromatic N) is 3. The van der Waals surface area contributed by atoms with E-state index in [0.29, 0.717) is 5.92 Å². The molecule has 2 N–H and O–H groups in total. The molecule has 0 atom stereocenters. The summed E-state index contributed by atoms with van der Waals surface area (Å²) in [5.41, 5.74) is 7.06. The molecule has 16 heavy (non-hydrogen) atoms. The van der Waals surface area contributed by atoms with E-state index in [1.165, 1.54) is 25.7 Å². The highest BCUT2D eigenvalue weighted by Crippen LogP contribution is 2.24. The van der Waals surface area contributed by atoms with E-state index in [4.69, 9.17) is 5.73 Å². The van der Waals surface area contributed by atoms with Crippen LogP contribution in [0.1, 0.15) is 31.4 Å². The van der Waals surface area contributed by atoms with Gasteiger partial charge in [-0.1, -0.05) is 12.8 Å². The van der Waals surface area contributed by atoms with Crippen LogP contribution in [0.4, 0.5) is 0 Å². The molecule has 0 aliphatic heterocycles. The van der Waals surface area contributed by atoms with Crippen LogP contribution in [0.3, 0.4) is 0 Å². The van der Waals surface area contributed by atoms with E-state index in [-0.39, 0.29) is 0 Å². The molecular formula is C12H20N4. The zero-order valence-corrected chi connectivity index (χ0v) is 9.89. The van der Waals surface area contributed by atoms with E-state index >= 15 is 0 Å². The molecule has 0 aromatic carbocycles. The summed E-state index contributed by atoms with van der Waals surface area (Å²) < 4.78 is 1.82. The molecule has 1 saturated carbocycles. The van der Waals surface area contributed by atoms with Crippen molar-refractivity contribution in [2.75, 3.05) is 6.54 Å². The van der Waals surface area contributed by atoms with E-state index in [0.717, 1.165) is 24.5 Å². The highest BCUT2D eigenvalue weighted by molar-refractivity contribution is 5.83. The molecule has 1 aliphatic rings. The summed E-state index contributed by atoms with van der Waals surface area (Å²) in [6.07, 6.45) is 7.90. The Bertz CT molecular complexity index is 361. The summed E-state index contributed by atoms with van der Waals surface area (Å²) in [6, 6.07) is 2.03. The maximum atomic E-state index is 5.97. The fraction of sp³-hybridized carbons (Fsp3) is 0.667. The van der Waals surface area contributed by atoms with E-state index in [2.05, 4.69) is 10.1 Å². The zero-order valence-electron chi connectivity index (χ0n) is 9.89. The standard InChI is InChI=1S/C12H20N4/c1-16-9-7-11(15-16)6-8-14-12(13)10-4-2-3-5-10/h7,9-10H,2-6,8H2,1H3,(H2,13,14). The van der Waals surface area contributed by atoms with Gasteiger partial charge >= 0.3 is 0 Å². The van der Waals surface area contributed by atoms with Gasteiger partial charge in [0.1, 0.15) is 0 Å². The third-order valence-electron chi connectivity index (χ3n) is 3.20. The zero-order chi connectivity index (χ0) is 11.4. The van der Waals surface area contributed by atoms with Gasteiger partial charge in [0.25, 0.3) is 0 Å². The number of rotatable bonds is 4. The van der Waals surface area contributed by atoms with Gasteiger partial charge in [0.2, 0.25) is 0 Å². The Kier molecular flexibility index (Phi) is 3.59. The van der Waals surface area contributed by atoms with Crippen LogP contribution < -0.4 is 5.73 Å². The van der Waals surface area contributed by atoms with E-state index in [1.54, 1.807) is 0 Å². The largest absolute Gasteiger partial charge is 0.387 e. The van der Waals surface area contributed by atoms with Crippen molar-refractivity contribution >= 4 is 5.84 Å². The smallest absolute Gasteiger partial charge is 0.0968 e. The lowest BCUT2D eigenvalue weighted by atomic mass is 10.1. The second-order valence-electron chi connectivity index (χ2n) is 4.52. The van der Waals surface area contributed by atoms with E-state index in [1.807, 2.05) is 24.0 Å². The maximum absolute atomic E-state index is 5.97. The second-order valence-corrected chi connectivity index (χ2v) is 4.52. The van der Waals surface area contributed by atoms with Crippen molar-refractivity contribution < 1.29 is 0 Å².